The molecule has 0 radical (unpaired) electrons. The van der Waals surface area contributed by atoms with Gasteiger partial charge in [-0.3, -0.25) is 0 Å². The maximum absolute atomic E-state index is 5.97. The lowest BCUT2D eigenvalue weighted by molar-refractivity contribution is -0.00867. The summed E-state index contributed by atoms with van der Waals surface area (Å²) in [4.78, 5) is 2.58. The van der Waals surface area contributed by atoms with E-state index in [1.807, 2.05) is 0 Å². The summed E-state index contributed by atoms with van der Waals surface area (Å²) in [6.45, 7) is 6.18. The molecule has 1 aromatic carbocycles. The second-order valence-corrected chi connectivity index (χ2v) is 6.30. The summed E-state index contributed by atoms with van der Waals surface area (Å²) < 4.78 is 5.97. The average molecular weight is 288 g/mol. The number of nitrogens with one attached hydrogen (secondary N) is 1. The van der Waals surface area contributed by atoms with Crippen LogP contribution in [0.3, 0.4) is 0 Å². The van der Waals surface area contributed by atoms with Crippen molar-refractivity contribution in [3.05, 3.63) is 29.8 Å². The summed E-state index contributed by atoms with van der Waals surface area (Å²) in [5.41, 5.74) is 2.75. The van der Waals surface area contributed by atoms with Gasteiger partial charge < -0.3 is 15.0 Å². The van der Waals surface area contributed by atoms with Crippen molar-refractivity contribution in [2.75, 3.05) is 24.6 Å². The molecule has 2 unspecified atom stereocenters. The molecule has 1 aromatic rings. The Hall–Kier alpha value is -1.06. The molecular formula is C18H28N2O. The third-order valence-corrected chi connectivity index (χ3v) is 4.76. The van der Waals surface area contributed by atoms with Crippen molar-refractivity contribution < 1.29 is 4.74 Å². The summed E-state index contributed by atoms with van der Waals surface area (Å²) in [6, 6.07) is 9.72. The van der Waals surface area contributed by atoms with Gasteiger partial charge in [-0.1, -0.05) is 31.9 Å². The van der Waals surface area contributed by atoms with Crippen molar-refractivity contribution >= 4 is 5.69 Å². The number of morpholine rings is 1. The zero-order valence-electron chi connectivity index (χ0n) is 13.2. The Morgan fingerprint density at radius 1 is 1.19 bits per heavy atom. The Bertz CT molecular complexity index is 429. The Morgan fingerprint density at radius 2 is 2.00 bits per heavy atom. The molecule has 21 heavy (non-hydrogen) atoms. The van der Waals surface area contributed by atoms with E-state index >= 15 is 0 Å². The van der Waals surface area contributed by atoms with E-state index in [0.717, 1.165) is 26.2 Å². The van der Waals surface area contributed by atoms with E-state index in [-0.39, 0.29) is 0 Å². The number of ether oxygens (including phenoxy) is 1. The lowest BCUT2D eigenvalue weighted by atomic mass is 9.89. The van der Waals surface area contributed by atoms with Crippen LogP contribution in [0.4, 0.5) is 5.69 Å². The molecule has 2 atom stereocenters. The van der Waals surface area contributed by atoms with E-state index in [2.05, 4.69) is 41.4 Å². The van der Waals surface area contributed by atoms with Crippen molar-refractivity contribution in [2.24, 2.45) is 0 Å². The summed E-state index contributed by atoms with van der Waals surface area (Å²) in [5, 5.41) is 3.46. The van der Waals surface area contributed by atoms with Crippen LogP contribution in [0.2, 0.25) is 0 Å². The molecule has 3 rings (SSSR count). The molecule has 0 spiro atoms. The van der Waals surface area contributed by atoms with Crippen molar-refractivity contribution in [3.8, 4) is 0 Å². The Morgan fingerprint density at radius 3 is 2.81 bits per heavy atom. The second kappa shape index (κ2) is 7.28. The fraction of sp³-hybridized carbons (Fsp3) is 0.667. The standard InChI is InChI=1S/C18H28N2O/c1-2-11-19-14-15-7-9-16(10-8-15)20-12-13-21-18-6-4-3-5-17(18)20/h7-10,17-19H,2-6,11-14H2,1H3. The molecule has 0 bridgehead atoms. The van der Waals surface area contributed by atoms with Crippen LogP contribution in [0.15, 0.2) is 24.3 Å². The molecule has 0 aromatic heterocycles. The molecule has 1 heterocycles. The summed E-state index contributed by atoms with van der Waals surface area (Å²) in [6.07, 6.45) is 6.84. The van der Waals surface area contributed by atoms with E-state index in [4.69, 9.17) is 4.74 Å². The average Bonchev–Trinajstić information content (AvgIpc) is 2.55. The van der Waals surface area contributed by atoms with Crippen LogP contribution < -0.4 is 10.2 Å². The third-order valence-electron chi connectivity index (χ3n) is 4.76. The molecule has 1 aliphatic carbocycles. The first-order valence-electron chi connectivity index (χ1n) is 8.56. The molecule has 3 heteroatoms. The minimum absolute atomic E-state index is 0.457. The van der Waals surface area contributed by atoms with Gasteiger partial charge in [-0.05, 0) is 43.5 Å². The van der Waals surface area contributed by atoms with Crippen LogP contribution in [0, 0.1) is 0 Å². The van der Waals surface area contributed by atoms with Gasteiger partial charge in [0.25, 0.3) is 0 Å². The molecule has 1 aliphatic heterocycles. The monoisotopic (exact) mass is 288 g/mol. The highest BCUT2D eigenvalue weighted by atomic mass is 16.5. The van der Waals surface area contributed by atoms with E-state index in [1.54, 1.807) is 0 Å². The summed E-state index contributed by atoms with van der Waals surface area (Å²) >= 11 is 0. The fourth-order valence-electron chi connectivity index (χ4n) is 3.63. The van der Waals surface area contributed by atoms with Gasteiger partial charge in [-0.2, -0.15) is 0 Å². The molecule has 2 fully saturated rings. The summed E-state index contributed by atoms with van der Waals surface area (Å²) in [5.74, 6) is 0. The van der Waals surface area contributed by atoms with Crippen LogP contribution in [-0.4, -0.2) is 31.8 Å². The number of hydrogen-bond donors (Lipinski definition) is 1. The smallest absolute Gasteiger partial charge is 0.0779 e. The van der Waals surface area contributed by atoms with Crippen molar-refractivity contribution in [1.82, 2.24) is 5.32 Å². The van der Waals surface area contributed by atoms with Gasteiger partial charge in [0, 0.05) is 18.8 Å². The van der Waals surface area contributed by atoms with Crippen molar-refractivity contribution in [1.29, 1.82) is 0 Å². The van der Waals surface area contributed by atoms with E-state index in [0.29, 0.717) is 12.1 Å². The van der Waals surface area contributed by atoms with Crippen LogP contribution >= 0.6 is 0 Å². The normalized spacial score (nSPS) is 25.7. The number of anilines is 1. The minimum Gasteiger partial charge on any atom is -0.374 e. The van der Waals surface area contributed by atoms with Crippen molar-refractivity contribution in [2.45, 2.75) is 57.7 Å². The molecule has 1 saturated carbocycles. The van der Waals surface area contributed by atoms with Gasteiger partial charge >= 0.3 is 0 Å². The predicted octanol–water partition coefficient (Wildman–Crippen LogP) is 3.33. The highest BCUT2D eigenvalue weighted by molar-refractivity contribution is 5.49. The van der Waals surface area contributed by atoms with Gasteiger partial charge in [-0.15, -0.1) is 0 Å². The highest BCUT2D eigenvalue weighted by Crippen LogP contribution is 2.32. The molecular weight excluding hydrogens is 260 g/mol. The maximum atomic E-state index is 5.97. The van der Waals surface area contributed by atoms with Gasteiger partial charge in [-0.25, -0.2) is 0 Å². The molecule has 0 amide bonds. The first-order valence-corrected chi connectivity index (χ1v) is 8.56. The second-order valence-electron chi connectivity index (χ2n) is 6.30. The topological polar surface area (TPSA) is 24.5 Å². The zero-order valence-corrected chi connectivity index (χ0v) is 13.2. The number of hydrogen-bond acceptors (Lipinski definition) is 3. The molecule has 1 saturated heterocycles. The fourth-order valence-corrected chi connectivity index (χ4v) is 3.63. The molecule has 3 nitrogen and oxygen atoms in total. The van der Waals surface area contributed by atoms with Crippen LogP contribution in [0.1, 0.15) is 44.6 Å². The molecule has 1 N–H and O–H groups in total. The number of rotatable bonds is 5. The lowest BCUT2D eigenvalue weighted by Crippen LogP contribution is -2.52. The predicted molar refractivity (Wildman–Crippen MR) is 87.8 cm³/mol. The molecule has 2 aliphatic rings. The maximum Gasteiger partial charge on any atom is 0.0779 e. The van der Waals surface area contributed by atoms with E-state index in [9.17, 15) is 0 Å². The third kappa shape index (κ3) is 3.58. The van der Waals surface area contributed by atoms with Gasteiger partial charge in [0.1, 0.15) is 0 Å². The van der Waals surface area contributed by atoms with Crippen molar-refractivity contribution in [3.63, 3.8) is 0 Å². The SMILES string of the molecule is CCCNCc1ccc(N2CCOC3CCCCC32)cc1. The van der Waals surface area contributed by atoms with Gasteiger partial charge in [0.15, 0.2) is 0 Å². The Balaban J connectivity index is 1.65. The number of fused-ring (bicyclic) bond motifs is 1. The first-order chi connectivity index (χ1) is 10.4. The highest BCUT2D eigenvalue weighted by Gasteiger charge is 2.34. The van der Waals surface area contributed by atoms with Crippen LogP contribution in [-0.2, 0) is 11.3 Å². The van der Waals surface area contributed by atoms with Crippen LogP contribution in [0.5, 0.6) is 0 Å². The minimum atomic E-state index is 0.457. The Labute approximate surface area is 128 Å². The van der Waals surface area contributed by atoms with Gasteiger partial charge in [0.05, 0.1) is 18.8 Å². The number of nitrogens with zero attached hydrogens (tertiary/aromatic N) is 1. The number of benzene rings is 1. The van der Waals surface area contributed by atoms with Crippen LogP contribution in [0.25, 0.3) is 0 Å². The van der Waals surface area contributed by atoms with E-state index < -0.39 is 0 Å². The zero-order chi connectivity index (χ0) is 14.5. The van der Waals surface area contributed by atoms with Gasteiger partial charge in [0.2, 0.25) is 0 Å². The quantitative estimate of drug-likeness (QED) is 0.841. The first kappa shape index (κ1) is 14.9. The summed E-state index contributed by atoms with van der Waals surface area (Å²) in [7, 11) is 0. The van der Waals surface area contributed by atoms with E-state index in [1.165, 1.54) is 43.4 Å². The lowest BCUT2D eigenvalue weighted by Gasteiger charge is -2.45. The molecule has 116 valence electrons. The Kier molecular flexibility index (Phi) is 5.15. The largest absolute Gasteiger partial charge is 0.374 e.